The Bertz CT molecular complexity index is 623. The van der Waals surface area contributed by atoms with Gasteiger partial charge in [-0.05, 0) is 19.3 Å². The summed E-state index contributed by atoms with van der Waals surface area (Å²) in [5, 5.41) is 9.15. The minimum absolute atomic E-state index is 0.0940. The number of carboxylic acids is 1. The number of aliphatic imine (C=N–C) groups is 1. The summed E-state index contributed by atoms with van der Waals surface area (Å²) in [4.78, 5) is 16.0. The van der Waals surface area contributed by atoms with Crippen molar-refractivity contribution in [3.8, 4) is 0 Å². The fourth-order valence-electron chi connectivity index (χ4n) is 2.99. The van der Waals surface area contributed by atoms with E-state index in [0.717, 1.165) is 29.7 Å². The zero-order valence-corrected chi connectivity index (χ0v) is 12.4. The number of carbonyl (C=O) groups is 1. The van der Waals surface area contributed by atoms with Crippen LogP contribution in [-0.2, 0) is 4.79 Å². The van der Waals surface area contributed by atoms with Crippen molar-refractivity contribution in [3.63, 3.8) is 0 Å². The van der Waals surface area contributed by atoms with E-state index in [1.165, 1.54) is 0 Å². The van der Waals surface area contributed by atoms with Gasteiger partial charge in [0.25, 0.3) is 0 Å². The molecule has 1 aliphatic carbocycles. The molecule has 22 heavy (non-hydrogen) atoms. The summed E-state index contributed by atoms with van der Waals surface area (Å²) < 4.78 is 0. The van der Waals surface area contributed by atoms with Crippen molar-refractivity contribution in [3.05, 3.63) is 71.8 Å². The molecule has 1 aliphatic rings. The maximum atomic E-state index is 11.1. The molecule has 3 rings (SSSR count). The lowest BCUT2D eigenvalue weighted by Crippen LogP contribution is -2.12. The molecule has 1 saturated carbocycles. The first-order valence-corrected chi connectivity index (χ1v) is 7.65. The SMILES string of the molecule is O=C(O)C1CCC(N=C(c2ccccc2)c2ccccc2)C1. The molecule has 0 radical (unpaired) electrons. The van der Waals surface area contributed by atoms with Gasteiger partial charge in [-0.1, -0.05) is 60.7 Å². The summed E-state index contributed by atoms with van der Waals surface area (Å²) in [7, 11) is 0. The quantitative estimate of drug-likeness (QED) is 0.872. The molecule has 0 aliphatic heterocycles. The van der Waals surface area contributed by atoms with Gasteiger partial charge in [-0.15, -0.1) is 0 Å². The van der Waals surface area contributed by atoms with E-state index >= 15 is 0 Å². The molecular weight excluding hydrogens is 274 g/mol. The van der Waals surface area contributed by atoms with Crippen molar-refractivity contribution in [1.82, 2.24) is 0 Å². The third kappa shape index (κ3) is 3.25. The first-order valence-electron chi connectivity index (χ1n) is 7.65. The summed E-state index contributed by atoms with van der Waals surface area (Å²) in [6.07, 6.45) is 2.21. The van der Waals surface area contributed by atoms with Gasteiger partial charge in [0.15, 0.2) is 0 Å². The predicted molar refractivity (Wildman–Crippen MR) is 87.3 cm³/mol. The van der Waals surface area contributed by atoms with E-state index in [4.69, 9.17) is 10.1 Å². The molecule has 2 atom stereocenters. The van der Waals surface area contributed by atoms with Crippen molar-refractivity contribution in [1.29, 1.82) is 0 Å². The molecule has 0 amide bonds. The molecule has 2 aromatic rings. The van der Waals surface area contributed by atoms with Crippen LogP contribution in [0.5, 0.6) is 0 Å². The molecule has 3 heteroatoms. The number of nitrogens with zero attached hydrogens (tertiary/aromatic N) is 1. The van der Waals surface area contributed by atoms with Crippen LogP contribution in [0.15, 0.2) is 65.7 Å². The minimum Gasteiger partial charge on any atom is -0.481 e. The molecule has 0 heterocycles. The highest BCUT2D eigenvalue weighted by Crippen LogP contribution is 2.29. The van der Waals surface area contributed by atoms with Crippen LogP contribution in [0.25, 0.3) is 0 Å². The highest BCUT2D eigenvalue weighted by Gasteiger charge is 2.29. The number of hydrogen-bond donors (Lipinski definition) is 1. The Hall–Kier alpha value is -2.42. The number of benzene rings is 2. The van der Waals surface area contributed by atoms with Gasteiger partial charge in [-0.3, -0.25) is 9.79 Å². The lowest BCUT2D eigenvalue weighted by molar-refractivity contribution is -0.141. The average molecular weight is 293 g/mol. The second-order valence-corrected chi connectivity index (χ2v) is 5.71. The number of carboxylic acid groups (broad SMARTS) is 1. The maximum absolute atomic E-state index is 11.1. The second kappa shape index (κ2) is 6.56. The third-order valence-corrected chi connectivity index (χ3v) is 4.16. The van der Waals surface area contributed by atoms with E-state index in [1.54, 1.807) is 0 Å². The molecule has 2 aromatic carbocycles. The van der Waals surface area contributed by atoms with Crippen LogP contribution in [0.4, 0.5) is 0 Å². The zero-order valence-electron chi connectivity index (χ0n) is 12.4. The molecule has 3 nitrogen and oxygen atoms in total. The summed E-state index contributed by atoms with van der Waals surface area (Å²) in [6, 6.07) is 20.3. The van der Waals surface area contributed by atoms with Gasteiger partial charge in [0.05, 0.1) is 17.7 Å². The van der Waals surface area contributed by atoms with Crippen LogP contribution in [0, 0.1) is 5.92 Å². The zero-order chi connectivity index (χ0) is 15.4. The number of aliphatic carboxylic acids is 1. The van der Waals surface area contributed by atoms with E-state index in [2.05, 4.69) is 24.3 Å². The normalized spacial score (nSPS) is 20.5. The molecule has 0 saturated heterocycles. The molecule has 1 N–H and O–H groups in total. The fraction of sp³-hybridized carbons (Fsp3) is 0.263. The standard InChI is InChI=1S/C19H19NO2/c21-19(22)16-11-12-17(13-16)20-18(14-7-3-1-4-8-14)15-9-5-2-6-10-15/h1-10,16-17H,11-13H2,(H,21,22). The van der Waals surface area contributed by atoms with Gasteiger partial charge >= 0.3 is 5.97 Å². The first kappa shape index (κ1) is 14.5. The highest BCUT2D eigenvalue weighted by atomic mass is 16.4. The van der Waals surface area contributed by atoms with Crippen LogP contribution in [0.2, 0.25) is 0 Å². The highest BCUT2D eigenvalue weighted by molar-refractivity contribution is 6.13. The van der Waals surface area contributed by atoms with E-state index in [9.17, 15) is 4.79 Å². The van der Waals surface area contributed by atoms with E-state index in [0.29, 0.717) is 6.42 Å². The van der Waals surface area contributed by atoms with Crippen molar-refractivity contribution >= 4 is 11.7 Å². The van der Waals surface area contributed by atoms with Crippen molar-refractivity contribution in [2.75, 3.05) is 0 Å². The summed E-state index contributed by atoms with van der Waals surface area (Å²) in [5.41, 5.74) is 3.11. The van der Waals surface area contributed by atoms with Crippen LogP contribution in [0.1, 0.15) is 30.4 Å². The molecule has 0 aromatic heterocycles. The molecule has 112 valence electrons. The Labute approximate surface area is 130 Å². The van der Waals surface area contributed by atoms with Gasteiger partial charge in [-0.25, -0.2) is 0 Å². The second-order valence-electron chi connectivity index (χ2n) is 5.71. The first-order chi connectivity index (χ1) is 10.7. The summed E-state index contributed by atoms with van der Waals surface area (Å²) in [6.45, 7) is 0. The van der Waals surface area contributed by atoms with E-state index < -0.39 is 5.97 Å². The van der Waals surface area contributed by atoms with Crippen LogP contribution < -0.4 is 0 Å². The topological polar surface area (TPSA) is 49.7 Å². The van der Waals surface area contributed by atoms with Crippen LogP contribution in [-0.4, -0.2) is 22.8 Å². The molecule has 2 unspecified atom stereocenters. The largest absolute Gasteiger partial charge is 0.481 e. The molecular formula is C19H19NO2. The van der Waals surface area contributed by atoms with E-state index in [-0.39, 0.29) is 12.0 Å². The van der Waals surface area contributed by atoms with Crippen LogP contribution >= 0.6 is 0 Å². The Kier molecular flexibility index (Phi) is 4.33. The third-order valence-electron chi connectivity index (χ3n) is 4.16. The Morgan fingerprint density at radius 3 is 1.91 bits per heavy atom. The molecule has 0 bridgehead atoms. The van der Waals surface area contributed by atoms with Crippen molar-refractivity contribution in [2.45, 2.75) is 25.3 Å². The fourth-order valence-corrected chi connectivity index (χ4v) is 2.99. The van der Waals surface area contributed by atoms with Gasteiger partial charge in [-0.2, -0.15) is 0 Å². The average Bonchev–Trinajstić information content (AvgIpc) is 3.03. The Morgan fingerprint density at radius 2 is 1.45 bits per heavy atom. The van der Waals surface area contributed by atoms with Gasteiger partial charge in [0, 0.05) is 11.1 Å². The van der Waals surface area contributed by atoms with Crippen LogP contribution in [0.3, 0.4) is 0 Å². The molecule has 1 fully saturated rings. The summed E-state index contributed by atoms with van der Waals surface area (Å²) >= 11 is 0. The maximum Gasteiger partial charge on any atom is 0.306 e. The predicted octanol–water partition coefficient (Wildman–Crippen LogP) is 3.78. The minimum atomic E-state index is -0.696. The number of rotatable bonds is 4. The summed E-state index contributed by atoms with van der Waals surface area (Å²) in [5.74, 6) is -0.944. The smallest absolute Gasteiger partial charge is 0.306 e. The Morgan fingerprint density at radius 1 is 0.909 bits per heavy atom. The van der Waals surface area contributed by atoms with Crippen molar-refractivity contribution in [2.24, 2.45) is 10.9 Å². The Balaban J connectivity index is 1.93. The molecule has 0 spiro atoms. The van der Waals surface area contributed by atoms with E-state index in [1.807, 2.05) is 36.4 Å². The van der Waals surface area contributed by atoms with Gasteiger partial charge in [0.2, 0.25) is 0 Å². The van der Waals surface area contributed by atoms with Gasteiger partial charge < -0.3 is 5.11 Å². The lowest BCUT2D eigenvalue weighted by Gasteiger charge is -2.11. The number of hydrogen-bond acceptors (Lipinski definition) is 2. The van der Waals surface area contributed by atoms with Crippen molar-refractivity contribution < 1.29 is 9.90 Å². The monoisotopic (exact) mass is 293 g/mol. The lowest BCUT2D eigenvalue weighted by atomic mass is 10.0. The van der Waals surface area contributed by atoms with Gasteiger partial charge in [0.1, 0.15) is 0 Å².